The van der Waals surface area contributed by atoms with Gasteiger partial charge in [-0.3, -0.25) is 0 Å². The largest absolute Gasteiger partial charge is 0.334 e. The second-order valence-electron chi connectivity index (χ2n) is 5.45. The molecule has 7 heteroatoms. The minimum atomic E-state index is 0.487. The zero-order valence-electron chi connectivity index (χ0n) is 13.0. The second kappa shape index (κ2) is 6.16. The van der Waals surface area contributed by atoms with E-state index in [-0.39, 0.29) is 0 Å². The van der Waals surface area contributed by atoms with Crippen molar-refractivity contribution in [1.82, 2.24) is 25.1 Å². The standard InChI is InChI=1S/C17H14BrN5O/c1-2-8-23-15-7-6-11(10-14(15)20-22-23)16-19-17(24-21-16)12-4-3-5-13(18)9-12/h3-7,9-10H,2,8H2,1H3. The fraction of sp³-hybridized carbons (Fsp3) is 0.176. The van der Waals surface area contributed by atoms with Crippen molar-refractivity contribution >= 4 is 27.0 Å². The average molecular weight is 384 g/mol. The molecular formula is C17H14BrN5O. The highest BCUT2D eigenvalue weighted by Gasteiger charge is 2.13. The monoisotopic (exact) mass is 383 g/mol. The molecule has 0 aliphatic heterocycles. The van der Waals surface area contributed by atoms with E-state index >= 15 is 0 Å². The molecule has 2 aromatic carbocycles. The average Bonchev–Trinajstić information content (AvgIpc) is 3.22. The summed E-state index contributed by atoms with van der Waals surface area (Å²) in [6, 6.07) is 13.7. The van der Waals surface area contributed by atoms with Gasteiger partial charge in [-0.25, -0.2) is 4.68 Å². The van der Waals surface area contributed by atoms with Gasteiger partial charge in [-0.15, -0.1) is 5.10 Å². The van der Waals surface area contributed by atoms with Crippen LogP contribution < -0.4 is 0 Å². The van der Waals surface area contributed by atoms with E-state index in [4.69, 9.17) is 4.52 Å². The van der Waals surface area contributed by atoms with Gasteiger partial charge in [0, 0.05) is 22.1 Å². The molecule has 0 aliphatic carbocycles. The van der Waals surface area contributed by atoms with Crippen molar-refractivity contribution < 1.29 is 4.52 Å². The Kier molecular flexibility index (Phi) is 3.86. The van der Waals surface area contributed by atoms with Crippen molar-refractivity contribution in [2.75, 3.05) is 0 Å². The molecule has 4 aromatic rings. The summed E-state index contributed by atoms with van der Waals surface area (Å²) in [7, 11) is 0. The Morgan fingerprint density at radius 2 is 2.04 bits per heavy atom. The number of nitrogens with zero attached hydrogens (tertiary/aromatic N) is 5. The van der Waals surface area contributed by atoms with E-state index in [0.717, 1.165) is 39.6 Å². The van der Waals surface area contributed by atoms with Crippen LogP contribution in [0.3, 0.4) is 0 Å². The highest BCUT2D eigenvalue weighted by atomic mass is 79.9. The number of halogens is 1. The van der Waals surface area contributed by atoms with Gasteiger partial charge in [0.1, 0.15) is 5.52 Å². The number of hydrogen-bond donors (Lipinski definition) is 0. The van der Waals surface area contributed by atoms with Crippen LogP contribution in [-0.4, -0.2) is 25.1 Å². The molecule has 0 radical (unpaired) electrons. The summed E-state index contributed by atoms with van der Waals surface area (Å²) in [5.74, 6) is 1.03. The summed E-state index contributed by atoms with van der Waals surface area (Å²) in [6.07, 6.45) is 1.01. The van der Waals surface area contributed by atoms with Crippen LogP contribution in [0.1, 0.15) is 13.3 Å². The van der Waals surface area contributed by atoms with E-state index in [0.29, 0.717) is 11.7 Å². The number of aromatic nitrogens is 5. The van der Waals surface area contributed by atoms with Crippen LogP contribution >= 0.6 is 15.9 Å². The lowest BCUT2D eigenvalue weighted by molar-refractivity contribution is 0.432. The molecular weight excluding hydrogens is 370 g/mol. The summed E-state index contributed by atoms with van der Waals surface area (Å²) < 4.78 is 8.26. The molecule has 0 atom stereocenters. The van der Waals surface area contributed by atoms with Crippen molar-refractivity contribution in [2.45, 2.75) is 19.9 Å². The molecule has 0 spiro atoms. The Morgan fingerprint density at radius 1 is 1.12 bits per heavy atom. The van der Waals surface area contributed by atoms with Gasteiger partial charge in [-0.05, 0) is 42.8 Å². The molecule has 24 heavy (non-hydrogen) atoms. The minimum Gasteiger partial charge on any atom is -0.334 e. The first kappa shape index (κ1) is 15.0. The molecule has 0 N–H and O–H groups in total. The summed E-state index contributed by atoms with van der Waals surface area (Å²) in [4.78, 5) is 4.49. The van der Waals surface area contributed by atoms with Gasteiger partial charge < -0.3 is 4.52 Å². The summed E-state index contributed by atoms with van der Waals surface area (Å²) >= 11 is 3.45. The van der Waals surface area contributed by atoms with Crippen LogP contribution in [-0.2, 0) is 6.54 Å². The zero-order chi connectivity index (χ0) is 16.5. The molecule has 0 fully saturated rings. The summed E-state index contributed by atoms with van der Waals surface area (Å²) in [5.41, 5.74) is 3.57. The lowest BCUT2D eigenvalue weighted by Crippen LogP contribution is -1.98. The lowest BCUT2D eigenvalue weighted by atomic mass is 10.2. The third kappa shape index (κ3) is 2.71. The highest BCUT2D eigenvalue weighted by molar-refractivity contribution is 9.10. The maximum absolute atomic E-state index is 5.39. The summed E-state index contributed by atoms with van der Waals surface area (Å²) in [6.45, 7) is 2.97. The number of fused-ring (bicyclic) bond motifs is 1. The number of rotatable bonds is 4. The smallest absolute Gasteiger partial charge is 0.258 e. The van der Waals surface area contributed by atoms with Crippen LogP contribution in [0.5, 0.6) is 0 Å². The molecule has 0 saturated carbocycles. The Bertz CT molecular complexity index is 1010. The fourth-order valence-electron chi connectivity index (χ4n) is 2.57. The molecule has 6 nitrogen and oxygen atoms in total. The predicted molar refractivity (Wildman–Crippen MR) is 94.2 cm³/mol. The third-order valence-electron chi connectivity index (χ3n) is 3.71. The molecule has 4 rings (SSSR count). The van der Waals surface area contributed by atoms with Gasteiger partial charge in [0.15, 0.2) is 0 Å². The van der Waals surface area contributed by atoms with Crippen LogP contribution in [0.2, 0.25) is 0 Å². The normalized spacial score (nSPS) is 11.2. The maximum atomic E-state index is 5.39. The first-order chi connectivity index (χ1) is 11.7. The van der Waals surface area contributed by atoms with Crippen molar-refractivity contribution in [3.8, 4) is 22.8 Å². The quantitative estimate of drug-likeness (QED) is 0.524. The van der Waals surface area contributed by atoms with Gasteiger partial charge in [0.2, 0.25) is 5.82 Å². The fourth-order valence-corrected chi connectivity index (χ4v) is 2.97. The van der Waals surface area contributed by atoms with E-state index in [2.05, 4.69) is 43.3 Å². The maximum Gasteiger partial charge on any atom is 0.258 e. The van der Waals surface area contributed by atoms with E-state index in [9.17, 15) is 0 Å². The van der Waals surface area contributed by atoms with Gasteiger partial charge >= 0.3 is 0 Å². The Morgan fingerprint density at radius 3 is 2.88 bits per heavy atom. The molecule has 2 heterocycles. The van der Waals surface area contributed by atoms with Crippen LogP contribution in [0.15, 0.2) is 51.5 Å². The number of benzene rings is 2. The predicted octanol–water partition coefficient (Wildman–Crippen LogP) is 4.32. The molecule has 0 unspecified atom stereocenters. The first-order valence-corrected chi connectivity index (χ1v) is 8.47. The van der Waals surface area contributed by atoms with Gasteiger partial charge in [0.25, 0.3) is 5.89 Å². The molecule has 2 aromatic heterocycles. The summed E-state index contributed by atoms with van der Waals surface area (Å²) in [5, 5.41) is 12.5. The number of aryl methyl sites for hydroxylation is 1. The van der Waals surface area contributed by atoms with Gasteiger partial charge in [-0.2, -0.15) is 4.98 Å². The van der Waals surface area contributed by atoms with Crippen molar-refractivity contribution in [3.63, 3.8) is 0 Å². The molecule has 0 saturated heterocycles. The zero-order valence-corrected chi connectivity index (χ0v) is 14.6. The SMILES string of the molecule is CCCn1nnc2cc(-c3noc(-c4cccc(Br)c4)n3)ccc21. The molecule has 0 aliphatic rings. The topological polar surface area (TPSA) is 69.6 Å². The van der Waals surface area contributed by atoms with E-state index in [1.165, 1.54) is 0 Å². The Balaban J connectivity index is 1.70. The molecule has 0 amide bonds. The molecule has 120 valence electrons. The third-order valence-corrected chi connectivity index (χ3v) is 4.20. The highest BCUT2D eigenvalue weighted by Crippen LogP contribution is 2.26. The van der Waals surface area contributed by atoms with Crippen LogP contribution in [0, 0.1) is 0 Å². The lowest BCUT2D eigenvalue weighted by Gasteiger charge is -1.99. The van der Waals surface area contributed by atoms with E-state index in [1.54, 1.807) is 0 Å². The molecule has 0 bridgehead atoms. The van der Waals surface area contributed by atoms with Gasteiger partial charge in [-0.1, -0.05) is 39.3 Å². The van der Waals surface area contributed by atoms with Crippen LogP contribution in [0.4, 0.5) is 0 Å². The van der Waals surface area contributed by atoms with Crippen molar-refractivity contribution in [1.29, 1.82) is 0 Å². The van der Waals surface area contributed by atoms with Crippen molar-refractivity contribution in [3.05, 3.63) is 46.9 Å². The second-order valence-corrected chi connectivity index (χ2v) is 6.37. The Hall–Kier alpha value is -2.54. The number of hydrogen-bond acceptors (Lipinski definition) is 5. The van der Waals surface area contributed by atoms with Crippen LogP contribution in [0.25, 0.3) is 33.9 Å². The van der Waals surface area contributed by atoms with E-state index in [1.807, 2.05) is 47.1 Å². The first-order valence-electron chi connectivity index (χ1n) is 7.68. The van der Waals surface area contributed by atoms with E-state index < -0.39 is 0 Å². The van der Waals surface area contributed by atoms with Crippen molar-refractivity contribution in [2.24, 2.45) is 0 Å². The van der Waals surface area contributed by atoms with Gasteiger partial charge in [0.05, 0.1) is 5.52 Å². The Labute approximate surface area is 146 Å². The minimum absolute atomic E-state index is 0.487.